The minimum Gasteiger partial charge on any atom is -0.258 e. The molecule has 3 nitrogen and oxygen atoms in total. The van der Waals surface area contributed by atoms with Crippen molar-refractivity contribution in [2.24, 2.45) is 0 Å². The molecule has 2 aromatic heterocycles. The van der Waals surface area contributed by atoms with Crippen LogP contribution < -0.4 is 0 Å². The van der Waals surface area contributed by atoms with E-state index >= 15 is 0 Å². The summed E-state index contributed by atoms with van der Waals surface area (Å²) in [5.74, 6) is 0. The Balaban J connectivity index is 2.14. The van der Waals surface area contributed by atoms with Crippen molar-refractivity contribution in [3.63, 3.8) is 0 Å². The first-order valence-corrected chi connectivity index (χ1v) is 7.46. The zero-order valence-electron chi connectivity index (χ0n) is 11.2. The number of pyridine rings is 1. The Morgan fingerprint density at radius 1 is 1.30 bits per heavy atom. The molecule has 5 heteroatoms. The molecule has 0 radical (unpaired) electrons. The lowest BCUT2D eigenvalue weighted by Crippen LogP contribution is -2.04. The van der Waals surface area contributed by atoms with Gasteiger partial charge in [0.15, 0.2) is 0 Å². The average molecular weight is 351 g/mol. The van der Waals surface area contributed by atoms with Crippen LogP contribution in [-0.4, -0.2) is 14.8 Å². The van der Waals surface area contributed by atoms with Crippen LogP contribution in [0.3, 0.4) is 0 Å². The third-order valence-electron chi connectivity index (χ3n) is 3.39. The fourth-order valence-corrected chi connectivity index (χ4v) is 2.92. The van der Waals surface area contributed by atoms with Gasteiger partial charge in [-0.1, -0.05) is 23.7 Å². The van der Waals surface area contributed by atoms with Gasteiger partial charge in [0.25, 0.3) is 0 Å². The number of hydrogen-bond acceptors (Lipinski definition) is 2. The molecule has 2 heterocycles. The molecule has 3 aromatic rings. The molecular formula is C15H13BrClN3. The first-order valence-electron chi connectivity index (χ1n) is 6.29. The fraction of sp³-hybridized carbons (Fsp3) is 0.200. The maximum atomic E-state index is 6.30. The first-order chi connectivity index (χ1) is 9.56. The second-order valence-corrected chi connectivity index (χ2v) is 6.12. The lowest BCUT2D eigenvalue weighted by molar-refractivity contribution is 0.700. The van der Waals surface area contributed by atoms with Crippen molar-refractivity contribution in [2.45, 2.75) is 20.4 Å². The summed E-state index contributed by atoms with van der Waals surface area (Å²) in [5, 5.41) is 5.36. The highest BCUT2D eigenvalue weighted by Crippen LogP contribution is 2.24. The van der Waals surface area contributed by atoms with Crippen molar-refractivity contribution in [3.05, 3.63) is 56.8 Å². The van der Waals surface area contributed by atoms with Gasteiger partial charge in [-0.2, -0.15) is 5.10 Å². The molecule has 0 aliphatic rings. The molecule has 0 unspecified atom stereocenters. The van der Waals surface area contributed by atoms with Gasteiger partial charge < -0.3 is 0 Å². The average Bonchev–Trinajstić information content (AvgIpc) is 2.70. The number of rotatable bonds is 2. The predicted octanol–water partition coefficient (Wildman–Crippen LogP) is 4.51. The Labute approximate surface area is 130 Å². The molecular weight excluding hydrogens is 338 g/mol. The highest BCUT2D eigenvalue weighted by atomic mass is 79.9. The molecule has 0 aliphatic heterocycles. The number of nitrogens with zero attached hydrogens (tertiary/aromatic N) is 3. The zero-order valence-corrected chi connectivity index (χ0v) is 13.5. The highest BCUT2D eigenvalue weighted by Gasteiger charge is 2.12. The minimum absolute atomic E-state index is 0.647. The van der Waals surface area contributed by atoms with E-state index in [1.807, 2.05) is 29.8 Å². The summed E-state index contributed by atoms with van der Waals surface area (Å²) in [6, 6.07) is 7.98. The molecule has 102 valence electrons. The Morgan fingerprint density at radius 2 is 2.10 bits per heavy atom. The van der Waals surface area contributed by atoms with Crippen LogP contribution in [0.2, 0.25) is 5.02 Å². The largest absolute Gasteiger partial charge is 0.258 e. The van der Waals surface area contributed by atoms with Gasteiger partial charge in [0.05, 0.1) is 17.8 Å². The Bertz CT molecular complexity index is 775. The molecule has 0 saturated heterocycles. The predicted molar refractivity (Wildman–Crippen MR) is 85.3 cm³/mol. The number of hydrogen-bond donors (Lipinski definition) is 0. The number of benzene rings is 1. The molecule has 0 spiro atoms. The van der Waals surface area contributed by atoms with Gasteiger partial charge in [-0.05, 0) is 53.0 Å². The highest BCUT2D eigenvalue weighted by molar-refractivity contribution is 9.10. The van der Waals surface area contributed by atoms with E-state index in [0.717, 1.165) is 31.8 Å². The summed E-state index contributed by atoms with van der Waals surface area (Å²) in [6.45, 7) is 4.68. The molecule has 0 fully saturated rings. The van der Waals surface area contributed by atoms with Gasteiger partial charge in [0, 0.05) is 15.7 Å². The van der Waals surface area contributed by atoms with Crippen LogP contribution in [0.1, 0.15) is 16.8 Å². The van der Waals surface area contributed by atoms with Crippen LogP contribution in [0.4, 0.5) is 0 Å². The van der Waals surface area contributed by atoms with Crippen LogP contribution in [0.5, 0.6) is 0 Å². The summed E-state index contributed by atoms with van der Waals surface area (Å²) in [6.07, 6.45) is 1.79. The maximum absolute atomic E-state index is 6.30. The maximum Gasteiger partial charge on any atom is 0.111 e. The number of fused-ring (bicyclic) bond motifs is 1. The van der Waals surface area contributed by atoms with Crippen molar-refractivity contribution < 1.29 is 0 Å². The van der Waals surface area contributed by atoms with E-state index in [2.05, 4.69) is 39.0 Å². The first kappa shape index (κ1) is 13.6. The van der Waals surface area contributed by atoms with Gasteiger partial charge in [-0.3, -0.25) is 9.67 Å². The third kappa shape index (κ3) is 2.34. The Kier molecular flexibility index (Phi) is 3.52. The molecule has 0 aliphatic carbocycles. The molecule has 0 bridgehead atoms. The third-order valence-corrected chi connectivity index (χ3v) is 4.17. The van der Waals surface area contributed by atoms with E-state index in [1.165, 1.54) is 5.56 Å². The van der Waals surface area contributed by atoms with Gasteiger partial charge >= 0.3 is 0 Å². The number of aromatic nitrogens is 3. The van der Waals surface area contributed by atoms with Crippen LogP contribution >= 0.6 is 27.5 Å². The van der Waals surface area contributed by atoms with Gasteiger partial charge in [-0.25, -0.2) is 0 Å². The molecule has 20 heavy (non-hydrogen) atoms. The minimum atomic E-state index is 0.647. The molecule has 0 atom stereocenters. The van der Waals surface area contributed by atoms with Crippen LogP contribution in [0, 0.1) is 13.8 Å². The second-order valence-electron chi connectivity index (χ2n) is 4.80. The summed E-state index contributed by atoms with van der Waals surface area (Å²) in [5.41, 5.74) is 5.13. The van der Waals surface area contributed by atoms with Gasteiger partial charge in [0.1, 0.15) is 5.52 Å². The van der Waals surface area contributed by atoms with Gasteiger partial charge in [-0.15, -0.1) is 0 Å². The molecule has 0 saturated carbocycles. The molecule has 1 aromatic carbocycles. The van der Waals surface area contributed by atoms with Gasteiger partial charge in [0.2, 0.25) is 0 Å². The van der Waals surface area contributed by atoms with E-state index in [-0.39, 0.29) is 0 Å². The summed E-state index contributed by atoms with van der Waals surface area (Å²) < 4.78 is 2.90. The summed E-state index contributed by atoms with van der Waals surface area (Å²) in [7, 11) is 0. The Morgan fingerprint density at radius 3 is 2.85 bits per heavy atom. The van der Waals surface area contributed by atoms with E-state index in [4.69, 9.17) is 11.6 Å². The smallest absolute Gasteiger partial charge is 0.111 e. The van der Waals surface area contributed by atoms with Crippen molar-refractivity contribution in [2.75, 3.05) is 0 Å². The quantitative estimate of drug-likeness (QED) is 0.680. The van der Waals surface area contributed by atoms with Crippen molar-refractivity contribution in [1.82, 2.24) is 14.8 Å². The SMILES string of the molecule is Cc1cccc(Cl)c1Cn1nc(C)c2ncc(Br)cc21. The van der Waals surface area contributed by atoms with E-state index in [1.54, 1.807) is 6.20 Å². The van der Waals surface area contributed by atoms with E-state index in [0.29, 0.717) is 6.54 Å². The lowest BCUT2D eigenvalue weighted by Gasteiger charge is -2.09. The van der Waals surface area contributed by atoms with Crippen LogP contribution in [0.15, 0.2) is 34.9 Å². The topological polar surface area (TPSA) is 30.7 Å². The monoisotopic (exact) mass is 349 g/mol. The molecule has 0 amide bonds. The second kappa shape index (κ2) is 5.19. The Hall–Kier alpha value is -1.39. The van der Waals surface area contributed by atoms with Crippen LogP contribution in [-0.2, 0) is 6.54 Å². The normalized spacial score (nSPS) is 11.2. The zero-order chi connectivity index (χ0) is 14.3. The number of aryl methyl sites for hydroxylation is 2. The lowest BCUT2D eigenvalue weighted by atomic mass is 10.1. The fourth-order valence-electron chi connectivity index (χ4n) is 2.32. The number of halogens is 2. The van der Waals surface area contributed by atoms with E-state index < -0.39 is 0 Å². The molecule has 0 N–H and O–H groups in total. The van der Waals surface area contributed by atoms with Crippen molar-refractivity contribution in [3.8, 4) is 0 Å². The van der Waals surface area contributed by atoms with Crippen LogP contribution in [0.25, 0.3) is 11.0 Å². The standard InChI is InChI=1S/C15H13BrClN3/c1-9-4-3-5-13(17)12(9)8-20-14-6-11(16)7-18-15(14)10(2)19-20/h3-7H,8H2,1-2H3. The summed E-state index contributed by atoms with van der Waals surface area (Å²) >= 11 is 9.76. The van der Waals surface area contributed by atoms with E-state index in [9.17, 15) is 0 Å². The molecule has 3 rings (SSSR count). The summed E-state index contributed by atoms with van der Waals surface area (Å²) in [4.78, 5) is 4.42. The van der Waals surface area contributed by atoms with Crippen molar-refractivity contribution >= 4 is 38.6 Å². The van der Waals surface area contributed by atoms with Crippen molar-refractivity contribution in [1.29, 1.82) is 0 Å².